The predicted octanol–water partition coefficient (Wildman–Crippen LogP) is 7.93. The van der Waals surface area contributed by atoms with Crippen LogP contribution in [0.2, 0.25) is 5.02 Å². The molecule has 0 fully saturated rings. The van der Waals surface area contributed by atoms with Crippen LogP contribution in [0.5, 0.6) is 0 Å². The molecule has 0 saturated heterocycles. The third-order valence-corrected chi connectivity index (χ3v) is 7.71. The summed E-state index contributed by atoms with van der Waals surface area (Å²) in [6.07, 6.45) is 0. The van der Waals surface area contributed by atoms with Gasteiger partial charge in [-0.25, -0.2) is 0 Å². The lowest BCUT2D eigenvalue weighted by atomic mass is 9.67. The lowest BCUT2D eigenvalue weighted by Crippen LogP contribution is -2.31. The second kappa shape index (κ2) is 6.00. The molecule has 0 radical (unpaired) electrons. The zero-order valence-corrected chi connectivity index (χ0v) is 17.9. The van der Waals surface area contributed by atoms with Crippen LogP contribution in [0.3, 0.4) is 0 Å². The lowest BCUT2D eigenvalue weighted by molar-refractivity contribution is 0.722. The van der Waals surface area contributed by atoms with Crippen molar-refractivity contribution in [2.75, 3.05) is 0 Å². The van der Waals surface area contributed by atoms with Crippen molar-refractivity contribution in [1.82, 2.24) is 0 Å². The molecular weight excluding hydrogens is 448 g/mol. The topological polar surface area (TPSA) is 0 Å². The first-order valence-corrected chi connectivity index (χ1v) is 11.2. The Kier molecular flexibility index (Phi) is 3.62. The van der Waals surface area contributed by atoms with Crippen LogP contribution < -0.4 is 0 Å². The molecule has 4 aromatic carbocycles. The Morgan fingerprint density at radius 3 is 1.89 bits per heavy atom. The van der Waals surface area contributed by atoms with E-state index in [1.165, 1.54) is 43.2 Å². The van der Waals surface area contributed by atoms with E-state index in [-0.39, 0.29) is 5.41 Å². The van der Waals surface area contributed by atoms with Crippen molar-refractivity contribution in [2.24, 2.45) is 0 Å². The van der Waals surface area contributed by atoms with Crippen molar-refractivity contribution in [3.05, 3.63) is 117 Å². The molecule has 0 nitrogen and oxygen atoms in total. The highest BCUT2D eigenvalue weighted by Gasteiger charge is 2.49. The largest absolute Gasteiger partial charge is 0.0893 e. The van der Waals surface area contributed by atoms with Gasteiger partial charge in [-0.2, -0.15) is 0 Å². The van der Waals surface area contributed by atoms with Gasteiger partial charge >= 0.3 is 0 Å². The molecular formula is C25H14BrClS. The maximum atomic E-state index is 6.41. The Hall–Kier alpha value is -2.00. The highest BCUT2D eigenvalue weighted by molar-refractivity contribution is 9.10. The highest BCUT2D eigenvalue weighted by Crippen LogP contribution is 2.62. The number of hydrogen-bond acceptors (Lipinski definition) is 1. The fourth-order valence-electron chi connectivity index (χ4n) is 4.86. The van der Waals surface area contributed by atoms with Gasteiger partial charge in [0.25, 0.3) is 0 Å². The molecule has 1 aliphatic heterocycles. The van der Waals surface area contributed by atoms with Crippen LogP contribution in [0.4, 0.5) is 0 Å². The maximum absolute atomic E-state index is 6.41. The Labute approximate surface area is 181 Å². The van der Waals surface area contributed by atoms with E-state index in [1.807, 2.05) is 6.07 Å². The van der Waals surface area contributed by atoms with Crippen LogP contribution in [0.1, 0.15) is 22.3 Å². The highest BCUT2D eigenvalue weighted by atomic mass is 79.9. The molecule has 0 unspecified atom stereocenters. The third-order valence-electron chi connectivity index (χ3n) is 5.87. The molecule has 2 aliphatic rings. The molecule has 6 rings (SSSR count). The molecule has 0 aromatic heterocycles. The molecule has 0 saturated carbocycles. The molecule has 0 atom stereocenters. The first-order chi connectivity index (χ1) is 13.7. The van der Waals surface area contributed by atoms with Crippen LogP contribution >= 0.6 is 39.3 Å². The third kappa shape index (κ3) is 2.09. The minimum Gasteiger partial charge on any atom is -0.0893 e. The van der Waals surface area contributed by atoms with E-state index in [0.29, 0.717) is 0 Å². The van der Waals surface area contributed by atoms with Crippen LogP contribution in [0, 0.1) is 0 Å². The average Bonchev–Trinajstić information content (AvgIpc) is 2.99. The molecule has 4 aromatic rings. The van der Waals surface area contributed by atoms with E-state index >= 15 is 0 Å². The van der Waals surface area contributed by atoms with Crippen molar-refractivity contribution in [2.45, 2.75) is 15.2 Å². The molecule has 3 heteroatoms. The van der Waals surface area contributed by atoms with Gasteiger partial charge in [-0.1, -0.05) is 100.0 Å². The smallest absolute Gasteiger partial charge is 0.0735 e. The quantitative estimate of drug-likeness (QED) is 0.221. The van der Waals surface area contributed by atoms with E-state index in [0.717, 1.165) is 9.50 Å². The summed E-state index contributed by atoms with van der Waals surface area (Å²) in [4.78, 5) is 2.50. The molecule has 1 heterocycles. The monoisotopic (exact) mass is 460 g/mol. The summed E-state index contributed by atoms with van der Waals surface area (Å²) >= 11 is 11.9. The van der Waals surface area contributed by atoms with Crippen molar-refractivity contribution in [1.29, 1.82) is 0 Å². The lowest BCUT2D eigenvalue weighted by Gasteiger charge is -2.39. The van der Waals surface area contributed by atoms with Gasteiger partial charge < -0.3 is 0 Å². The van der Waals surface area contributed by atoms with Crippen LogP contribution in [0.15, 0.2) is 99.2 Å². The number of halogens is 2. The zero-order chi connectivity index (χ0) is 18.9. The Bertz CT molecular complexity index is 1180. The summed E-state index contributed by atoms with van der Waals surface area (Å²) in [6, 6.07) is 30.7. The van der Waals surface area contributed by atoms with Crippen LogP contribution in [0.25, 0.3) is 11.1 Å². The van der Waals surface area contributed by atoms with E-state index < -0.39 is 0 Å². The van der Waals surface area contributed by atoms with Crippen molar-refractivity contribution < 1.29 is 0 Å². The van der Waals surface area contributed by atoms with Crippen LogP contribution in [-0.2, 0) is 5.41 Å². The molecule has 0 amide bonds. The summed E-state index contributed by atoms with van der Waals surface area (Å²) in [7, 11) is 0. The van der Waals surface area contributed by atoms with Crippen molar-refractivity contribution in [3.8, 4) is 11.1 Å². The van der Waals surface area contributed by atoms with Gasteiger partial charge in [0.15, 0.2) is 0 Å². The van der Waals surface area contributed by atoms with Crippen molar-refractivity contribution >= 4 is 39.3 Å². The van der Waals surface area contributed by atoms with Gasteiger partial charge in [0.2, 0.25) is 0 Å². The summed E-state index contributed by atoms with van der Waals surface area (Å²) < 4.78 is 1.10. The number of benzene rings is 4. The molecule has 0 bridgehead atoms. The SMILES string of the molecule is Clc1ccc2c(c1)Sc1cc(Br)ccc1C21c2ccccc2-c2ccccc21. The van der Waals surface area contributed by atoms with Crippen LogP contribution in [-0.4, -0.2) is 0 Å². The van der Waals surface area contributed by atoms with Crippen molar-refractivity contribution in [3.63, 3.8) is 0 Å². The molecule has 28 heavy (non-hydrogen) atoms. The molecule has 0 N–H and O–H groups in total. The zero-order valence-electron chi connectivity index (χ0n) is 14.7. The second-order valence-corrected chi connectivity index (χ2v) is 9.66. The number of fused-ring (bicyclic) bond motifs is 9. The van der Waals surface area contributed by atoms with Gasteiger partial charge in [0.1, 0.15) is 0 Å². The Morgan fingerprint density at radius 2 is 1.21 bits per heavy atom. The standard InChI is InChI=1S/C25H14BrClS/c26-15-9-11-21-23(13-15)28-24-14-16(27)10-12-22(24)25(21)19-7-3-1-5-17(19)18-6-2-4-8-20(18)25/h1-14H. The predicted molar refractivity (Wildman–Crippen MR) is 121 cm³/mol. The average molecular weight is 462 g/mol. The maximum Gasteiger partial charge on any atom is 0.0735 e. The molecule has 134 valence electrons. The first kappa shape index (κ1) is 16.9. The number of hydrogen-bond donors (Lipinski definition) is 0. The van der Waals surface area contributed by atoms with E-state index in [1.54, 1.807) is 11.8 Å². The summed E-state index contributed by atoms with van der Waals surface area (Å²) in [6.45, 7) is 0. The van der Waals surface area contributed by atoms with E-state index in [2.05, 4.69) is 94.8 Å². The van der Waals surface area contributed by atoms with Gasteiger partial charge in [-0.05, 0) is 57.6 Å². The second-order valence-electron chi connectivity index (χ2n) is 7.22. The molecule has 1 aliphatic carbocycles. The normalized spacial score (nSPS) is 14.9. The minimum absolute atomic E-state index is 0.311. The first-order valence-electron chi connectivity index (χ1n) is 9.17. The fourth-order valence-corrected chi connectivity index (χ4v) is 6.88. The number of rotatable bonds is 0. The summed E-state index contributed by atoms with van der Waals surface area (Å²) in [5.41, 5.74) is 7.68. The minimum atomic E-state index is -0.311. The van der Waals surface area contributed by atoms with Gasteiger partial charge in [0.05, 0.1) is 5.41 Å². The Morgan fingerprint density at radius 1 is 0.643 bits per heavy atom. The van der Waals surface area contributed by atoms with Gasteiger partial charge in [0, 0.05) is 19.3 Å². The summed E-state index contributed by atoms with van der Waals surface area (Å²) in [5.74, 6) is 0. The van der Waals surface area contributed by atoms with E-state index in [4.69, 9.17) is 11.6 Å². The Balaban J connectivity index is 1.84. The fraction of sp³-hybridized carbons (Fsp3) is 0.0400. The molecule has 1 spiro atoms. The van der Waals surface area contributed by atoms with Gasteiger partial charge in [-0.3, -0.25) is 0 Å². The summed E-state index contributed by atoms with van der Waals surface area (Å²) in [5, 5.41) is 0.777. The van der Waals surface area contributed by atoms with Gasteiger partial charge in [-0.15, -0.1) is 0 Å². The van der Waals surface area contributed by atoms with E-state index in [9.17, 15) is 0 Å².